The van der Waals surface area contributed by atoms with Gasteiger partial charge in [0.2, 0.25) is 0 Å². The number of aromatic nitrogens is 2. The Labute approximate surface area is 93.5 Å². The third kappa shape index (κ3) is 1.56. The fourth-order valence-electron chi connectivity index (χ4n) is 1.78. The average Bonchev–Trinajstić information content (AvgIpc) is 2.55. The monoisotopic (exact) mass is 218 g/mol. The summed E-state index contributed by atoms with van der Waals surface area (Å²) in [7, 11) is 0. The van der Waals surface area contributed by atoms with E-state index in [-0.39, 0.29) is 11.6 Å². The Balaban J connectivity index is 2.81. The van der Waals surface area contributed by atoms with Gasteiger partial charge in [-0.2, -0.15) is 0 Å². The summed E-state index contributed by atoms with van der Waals surface area (Å²) >= 11 is 0. The second-order valence-electron chi connectivity index (χ2n) is 4.24. The van der Waals surface area contributed by atoms with Gasteiger partial charge in [0, 0.05) is 6.20 Å². The van der Waals surface area contributed by atoms with E-state index in [0.717, 1.165) is 5.56 Å². The molecule has 16 heavy (non-hydrogen) atoms. The van der Waals surface area contributed by atoms with Crippen LogP contribution in [-0.4, -0.2) is 20.5 Å². The number of imidazole rings is 1. The predicted molar refractivity (Wildman–Crippen MR) is 61.0 cm³/mol. The van der Waals surface area contributed by atoms with Crippen molar-refractivity contribution < 1.29 is 9.90 Å². The largest absolute Gasteiger partial charge is 0.477 e. The zero-order valence-electron chi connectivity index (χ0n) is 9.56. The van der Waals surface area contributed by atoms with Crippen LogP contribution >= 0.6 is 0 Å². The molecule has 0 atom stereocenters. The minimum absolute atomic E-state index is 0.103. The molecule has 4 heteroatoms. The molecule has 2 aromatic rings. The molecule has 4 nitrogen and oxygen atoms in total. The molecule has 84 valence electrons. The lowest BCUT2D eigenvalue weighted by Gasteiger charge is -2.02. The number of carbonyl (C=O) groups is 1. The summed E-state index contributed by atoms with van der Waals surface area (Å²) in [5.74, 6) is -0.827. The van der Waals surface area contributed by atoms with E-state index >= 15 is 0 Å². The predicted octanol–water partition coefficient (Wildman–Crippen LogP) is 2.46. The second kappa shape index (κ2) is 3.63. The molecule has 0 aliphatic rings. The first kappa shape index (κ1) is 10.7. The molecule has 1 N–H and O–H groups in total. The van der Waals surface area contributed by atoms with Gasteiger partial charge in [-0.3, -0.25) is 4.40 Å². The topological polar surface area (TPSA) is 54.6 Å². The van der Waals surface area contributed by atoms with Crippen molar-refractivity contribution >= 4 is 11.6 Å². The molecule has 0 saturated carbocycles. The van der Waals surface area contributed by atoms with Crippen molar-refractivity contribution in [3.05, 3.63) is 35.3 Å². The van der Waals surface area contributed by atoms with Gasteiger partial charge in [-0.15, -0.1) is 0 Å². The van der Waals surface area contributed by atoms with E-state index in [9.17, 15) is 9.90 Å². The second-order valence-corrected chi connectivity index (χ2v) is 4.24. The van der Waals surface area contributed by atoms with Crippen LogP contribution in [0.4, 0.5) is 0 Å². The minimum Gasteiger partial charge on any atom is -0.477 e. The van der Waals surface area contributed by atoms with Crippen LogP contribution in [0.3, 0.4) is 0 Å². The summed E-state index contributed by atoms with van der Waals surface area (Å²) in [6.07, 6.45) is 1.76. The SMILES string of the molecule is Cc1ccn2c(C(=O)O)c(C(C)C)nc2c1. The normalized spacial score (nSPS) is 11.2. The molecule has 0 radical (unpaired) electrons. The number of rotatable bonds is 2. The zero-order chi connectivity index (χ0) is 11.9. The van der Waals surface area contributed by atoms with Gasteiger partial charge >= 0.3 is 5.97 Å². The summed E-state index contributed by atoms with van der Waals surface area (Å²) < 4.78 is 1.63. The van der Waals surface area contributed by atoms with Crippen LogP contribution in [0.25, 0.3) is 5.65 Å². The maximum absolute atomic E-state index is 11.2. The van der Waals surface area contributed by atoms with Gasteiger partial charge in [-0.25, -0.2) is 9.78 Å². The highest BCUT2D eigenvalue weighted by molar-refractivity contribution is 5.88. The van der Waals surface area contributed by atoms with Gasteiger partial charge < -0.3 is 5.11 Å². The number of aryl methyl sites for hydroxylation is 1. The lowest BCUT2D eigenvalue weighted by atomic mass is 10.1. The zero-order valence-corrected chi connectivity index (χ0v) is 9.56. The van der Waals surface area contributed by atoms with Crippen molar-refractivity contribution in [2.45, 2.75) is 26.7 Å². The number of pyridine rings is 1. The number of fused-ring (bicyclic) bond motifs is 1. The summed E-state index contributed by atoms with van der Waals surface area (Å²) in [5, 5.41) is 9.21. The van der Waals surface area contributed by atoms with E-state index < -0.39 is 5.97 Å². The Bertz CT molecular complexity index is 555. The van der Waals surface area contributed by atoms with Crippen molar-refractivity contribution in [3.8, 4) is 0 Å². The highest BCUT2D eigenvalue weighted by Crippen LogP contribution is 2.21. The van der Waals surface area contributed by atoms with E-state index in [1.807, 2.05) is 32.9 Å². The van der Waals surface area contributed by atoms with Gasteiger partial charge in [0.25, 0.3) is 0 Å². The summed E-state index contributed by atoms with van der Waals surface area (Å²) in [6.45, 7) is 5.85. The maximum Gasteiger partial charge on any atom is 0.354 e. The van der Waals surface area contributed by atoms with Crippen molar-refractivity contribution in [2.24, 2.45) is 0 Å². The molecular weight excluding hydrogens is 204 g/mol. The molecule has 0 aromatic carbocycles. The smallest absolute Gasteiger partial charge is 0.354 e. The fourth-order valence-corrected chi connectivity index (χ4v) is 1.78. The standard InChI is InChI=1S/C12H14N2O2/c1-7(2)10-11(12(15)16)14-5-4-8(3)6-9(14)13-10/h4-7H,1-3H3,(H,15,16). The van der Waals surface area contributed by atoms with Gasteiger partial charge in [0.05, 0.1) is 5.69 Å². The Hall–Kier alpha value is -1.84. The molecule has 0 aliphatic carbocycles. The highest BCUT2D eigenvalue weighted by Gasteiger charge is 2.20. The first-order valence-electron chi connectivity index (χ1n) is 5.22. The first-order chi connectivity index (χ1) is 7.50. The van der Waals surface area contributed by atoms with Crippen molar-refractivity contribution in [3.63, 3.8) is 0 Å². The average molecular weight is 218 g/mol. The highest BCUT2D eigenvalue weighted by atomic mass is 16.4. The van der Waals surface area contributed by atoms with E-state index in [2.05, 4.69) is 4.98 Å². The summed E-state index contributed by atoms with van der Waals surface area (Å²) in [4.78, 5) is 15.6. The van der Waals surface area contributed by atoms with E-state index in [0.29, 0.717) is 11.3 Å². The Morgan fingerprint density at radius 1 is 1.50 bits per heavy atom. The lowest BCUT2D eigenvalue weighted by Crippen LogP contribution is -2.06. The van der Waals surface area contributed by atoms with E-state index in [1.54, 1.807) is 10.6 Å². The molecular formula is C12H14N2O2. The quantitative estimate of drug-likeness (QED) is 0.842. The maximum atomic E-state index is 11.2. The van der Waals surface area contributed by atoms with Gasteiger partial charge in [0.1, 0.15) is 5.65 Å². The molecule has 0 spiro atoms. The molecule has 2 aromatic heterocycles. The van der Waals surface area contributed by atoms with Crippen molar-refractivity contribution in [2.75, 3.05) is 0 Å². The van der Waals surface area contributed by atoms with Crippen LogP contribution in [0.5, 0.6) is 0 Å². The van der Waals surface area contributed by atoms with Crippen molar-refractivity contribution in [1.82, 2.24) is 9.38 Å². The number of nitrogens with zero attached hydrogens (tertiary/aromatic N) is 2. The Kier molecular flexibility index (Phi) is 2.42. The number of hydrogen-bond acceptors (Lipinski definition) is 2. The summed E-state index contributed by atoms with van der Waals surface area (Å²) in [6, 6.07) is 3.77. The summed E-state index contributed by atoms with van der Waals surface area (Å²) in [5.41, 5.74) is 2.67. The fraction of sp³-hybridized carbons (Fsp3) is 0.333. The Morgan fingerprint density at radius 2 is 2.19 bits per heavy atom. The van der Waals surface area contributed by atoms with Gasteiger partial charge in [0.15, 0.2) is 5.69 Å². The molecule has 0 aliphatic heterocycles. The number of carboxylic acid groups (broad SMARTS) is 1. The molecule has 0 amide bonds. The van der Waals surface area contributed by atoms with Crippen LogP contribution in [0.15, 0.2) is 18.3 Å². The number of carboxylic acids is 1. The molecule has 2 heterocycles. The van der Waals surface area contributed by atoms with Crippen LogP contribution < -0.4 is 0 Å². The van der Waals surface area contributed by atoms with E-state index in [1.165, 1.54) is 0 Å². The Morgan fingerprint density at radius 3 is 2.75 bits per heavy atom. The molecule has 0 unspecified atom stereocenters. The third-order valence-corrected chi connectivity index (χ3v) is 2.56. The minimum atomic E-state index is -0.931. The molecule has 0 bridgehead atoms. The number of aromatic carboxylic acids is 1. The van der Waals surface area contributed by atoms with Crippen molar-refractivity contribution in [1.29, 1.82) is 0 Å². The lowest BCUT2D eigenvalue weighted by molar-refractivity contribution is 0.0687. The van der Waals surface area contributed by atoms with Crippen LogP contribution in [-0.2, 0) is 0 Å². The molecule has 0 fully saturated rings. The third-order valence-electron chi connectivity index (χ3n) is 2.56. The number of hydrogen-bond donors (Lipinski definition) is 1. The van der Waals surface area contributed by atoms with Crippen LogP contribution in [0.2, 0.25) is 0 Å². The molecule has 0 saturated heterocycles. The van der Waals surface area contributed by atoms with Crippen LogP contribution in [0, 0.1) is 6.92 Å². The van der Waals surface area contributed by atoms with Crippen LogP contribution in [0.1, 0.15) is 41.5 Å². The van der Waals surface area contributed by atoms with E-state index in [4.69, 9.17) is 0 Å². The van der Waals surface area contributed by atoms with Gasteiger partial charge in [-0.1, -0.05) is 13.8 Å². The molecule has 2 rings (SSSR count). The van der Waals surface area contributed by atoms with Gasteiger partial charge in [-0.05, 0) is 30.5 Å². The first-order valence-corrected chi connectivity index (χ1v) is 5.22.